The summed E-state index contributed by atoms with van der Waals surface area (Å²) in [6, 6.07) is 5.99. The van der Waals surface area contributed by atoms with Crippen LogP contribution in [0.2, 0.25) is 5.02 Å². The van der Waals surface area contributed by atoms with E-state index in [0.717, 1.165) is 23.2 Å². The first kappa shape index (κ1) is 17.4. The number of aliphatic hydroxyl groups is 1. The summed E-state index contributed by atoms with van der Waals surface area (Å²) in [7, 11) is 0. The fourth-order valence-corrected chi connectivity index (χ4v) is 4.61. The van der Waals surface area contributed by atoms with Gasteiger partial charge in [-0.2, -0.15) is 5.26 Å². The Balaban J connectivity index is 1.32. The second-order valence-electron chi connectivity index (χ2n) is 7.72. The second kappa shape index (κ2) is 6.43. The maximum atomic E-state index is 12.5. The Morgan fingerprint density at radius 2 is 2.14 bits per heavy atom. The molecule has 1 aromatic heterocycles. The van der Waals surface area contributed by atoms with E-state index in [2.05, 4.69) is 21.4 Å². The van der Waals surface area contributed by atoms with Gasteiger partial charge in [0.2, 0.25) is 5.95 Å². The molecule has 8 heteroatoms. The first-order valence-electron chi connectivity index (χ1n) is 9.34. The van der Waals surface area contributed by atoms with Crippen LogP contribution in [0, 0.1) is 11.3 Å². The number of amides is 1. The van der Waals surface area contributed by atoms with Crippen molar-refractivity contribution < 1.29 is 9.90 Å². The van der Waals surface area contributed by atoms with Crippen LogP contribution in [0.1, 0.15) is 45.6 Å². The molecule has 2 N–H and O–H groups in total. The van der Waals surface area contributed by atoms with Crippen molar-refractivity contribution in [2.75, 3.05) is 5.32 Å². The molecule has 1 atom stereocenters. The predicted octanol–water partition coefficient (Wildman–Crippen LogP) is 2.06. The number of halogens is 1. The van der Waals surface area contributed by atoms with Crippen LogP contribution < -0.4 is 5.32 Å². The zero-order valence-corrected chi connectivity index (χ0v) is 15.8. The number of rotatable bonds is 3. The minimum absolute atomic E-state index is 0.0555. The summed E-state index contributed by atoms with van der Waals surface area (Å²) >= 11 is 6.11. The minimum atomic E-state index is -0.305. The zero-order chi connectivity index (χ0) is 19.4. The lowest BCUT2D eigenvalue weighted by Gasteiger charge is -2.38. The second-order valence-corrected chi connectivity index (χ2v) is 8.15. The molecule has 3 aliphatic rings. The van der Waals surface area contributed by atoms with Gasteiger partial charge >= 0.3 is 0 Å². The highest BCUT2D eigenvalue weighted by Gasteiger charge is 2.40. The van der Waals surface area contributed by atoms with Crippen LogP contribution in [0.4, 0.5) is 5.95 Å². The Kier molecular flexibility index (Phi) is 4.00. The molecular weight excluding hydrogens is 378 g/mol. The molecular formula is C20H18ClN5O2. The van der Waals surface area contributed by atoms with Crippen molar-refractivity contribution >= 4 is 23.5 Å². The first-order valence-corrected chi connectivity index (χ1v) is 9.72. The number of hydrogen-bond acceptors (Lipinski definition) is 6. The van der Waals surface area contributed by atoms with E-state index in [9.17, 15) is 15.2 Å². The zero-order valence-electron chi connectivity index (χ0n) is 15.0. The average molecular weight is 396 g/mol. The molecule has 28 heavy (non-hydrogen) atoms. The largest absolute Gasteiger partial charge is 0.393 e. The highest BCUT2D eigenvalue weighted by atomic mass is 35.5. The molecule has 1 aromatic carbocycles. The van der Waals surface area contributed by atoms with Crippen LogP contribution in [0.3, 0.4) is 0 Å². The van der Waals surface area contributed by atoms with Crippen molar-refractivity contribution in [1.29, 1.82) is 5.26 Å². The molecule has 1 aliphatic heterocycles. The molecule has 5 rings (SSSR count). The van der Waals surface area contributed by atoms with E-state index < -0.39 is 0 Å². The van der Waals surface area contributed by atoms with Gasteiger partial charge in [-0.15, -0.1) is 0 Å². The van der Waals surface area contributed by atoms with Crippen molar-refractivity contribution in [2.45, 2.75) is 50.4 Å². The lowest BCUT2D eigenvalue weighted by Crippen LogP contribution is -2.47. The van der Waals surface area contributed by atoms with Gasteiger partial charge in [-0.3, -0.25) is 4.79 Å². The van der Waals surface area contributed by atoms with Gasteiger partial charge in [0, 0.05) is 23.3 Å². The van der Waals surface area contributed by atoms with Crippen molar-refractivity contribution in [1.82, 2.24) is 14.9 Å². The molecule has 0 unspecified atom stereocenters. The van der Waals surface area contributed by atoms with Gasteiger partial charge in [-0.1, -0.05) is 11.6 Å². The summed E-state index contributed by atoms with van der Waals surface area (Å²) in [5.74, 6) is 0.435. The summed E-state index contributed by atoms with van der Waals surface area (Å²) < 4.78 is 0. The number of fused-ring (bicyclic) bond motifs is 2. The van der Waals surface area contributed by atoms with Gasteiger partial charge in [0.25, 0.3) is 5.91 Å². The molecule has 0 saturated heterocycles. The molecule has 142 valence electrons. The maximum Gasteiger partial charge on any atom is 0.257 e. The molecule has 2 aromatic rings. The monoisotopic (exact) mass is 395 g/mol. The number of nitrogens with zero attached hydrogens (tertiary/aromatic N) is 4. The Hall–Kier alpha value is -2.69. The fourth-order valence-electron chi connectivity index (χ4n) is 4.37. The quantitative estimate of drug-likeness (QED) is 0.824. The van der Waals surface area contributed by atoms with Crippen molar-refractivity contribution in [3.63, 3.8) is 0 Å². The Morgan fingerprint density at radius 1 is 1.32 bits per heavy atom. The Morgan fingerprint density at radius 3 is 2.89 bits per heavy atom. The van der Waals surface area contributed by atoms with Crippen molar-refractivity contribution in [3.05, 3.63) is 51.3 Å². The lowest BCUT2D eigenvalue weighted by atomic mass is 9.88. The van der Waals surface area contributed by atoms with E-state index in [-0.39, 0.29) is 24.1 Å². The fraction of sp³-hybridized carbons (Fsp3) is 0.400. The molecule has 7 nitrogen and oxygen atoms in total. The van der Waals surface area contributed by atoms with E-state index >= 15 is 0 Å². The highest BCUT2D eigenvalue weighted by molar-refractivity contribution is 6.30. The van der Waals surface area contributed by atoms with E-state index in [0.29, 0.717) is 47.9 Å². The number of nitrogens with one attached hydrogen (secondary N) is 1. The molecule has 1 amide bonds. The standard InChI is InChI=1S/C20H18ClN5O2/c21-12-1-10-3-13(4-16(10)11(2-12)7-22)24-20-23-8-17-18(25-20)9-26(19(17)28)14-5-15(27)6-14/h1-2,8,13-15,27H,3-6,9H2,(H,23,24,25)/t13-,14-,15-/m0/s1. The SMILES string of the molecule is N#Cc1cc(Cl)cc2c1C[C@@H](Nc1ncc3c(n1)CN([C@H]1C[C@H](O)C1)C3=O)C2. The molecule has 0 bridgehead atoms. The van der Waals surface area contributed by atoms with E-state index in [1.807, 2.05) is 6.07 Å². The van der Waals surface area contributed by atoms with Gasteiger partial charge < -0.3 is 15.3 Å². The van der Waals surface area contributed by atoms with Crippen molar-refractivity contribution in [3.8, 4) is 6.07 Å². The summed E-state index contributed by atoms with van der Waals surface area (Å²) in [5.41, 5.74) is 3.98. The molecule has 1 saturated carbocycles. The Bertz CT molecular complexity index is 1030. The molecule has 0 spiro atoms. The highest BCUT2D eigenvalue weighted by Crippen LogP contribution is 2.33. The number of nitriles is 1. The van der Waals surface area contributed by atoms with Gasteiger partial charge in [-0.05, 0) is 48.9 Å². The third-order valence-electron chi connectivity index (χ3n) is 5.89. The Labute approximate surface area is 167 Å². The average Bonchev–Trinajstić information content (AvgIpc) is 3.18. The van der Waals surface area contributed by atoms with Gasteiger partial charge in [-0.25, -0.2) is 9.97 Å². The maximum absolute atomic E-state index is 12.5. The van der Waals surface area contributed by atoms with E-state index in [4.69, 9.17) is 11.6 Å². The van der Waals surface area contributed by atoms with Crippen LogP contribution >= 0.6 is 11.6 Å². The van der Waals surface area contributed by atoms with Gasteiger partial charge in [0.05, 0.1) is 35.5 Å². The normalized spacial score (nSPS) is 25.1. The van der Waals surface area contributed by atoms with Crippen LogP contribution in [0.15, 0.2) is 18.3 Å². The van der Waals surface area contributed by atoms with E-state index in [1.54, 1.807) is 17.2 Å². The van der Waals surface area contributed by atoms with Crippen LogP contribution in [0.25, 0.3) is 0 Å². The number of benzene rings is 1. The molecule has 2 aliphatic carbocycles. The molecule has 2 heterocycles. The number of aromatic nitrogens is 2. The van der Waals surface area contributed by atoms with Gasteiger partial charge in [0.1, 0.15) is 0 Å². The lowest BCUT2D eigenvalue weighted by molar-refractivity contribution is 0.00560. The number of anilines is 1. The van der Waals surface area contributed by atoms with Crippen molar-refractivity contribution in [2.24, 2.45) is 0 Å². The topological polar surface area (TPSA) is 102 Å². The summed E-state index contributed by atoms with van der Waals surface area (Å²) in [6.07, 6.45) is 3.99. The molecule has 0 radical (unpaired) electrons. The third-order valence-corrected chi connectivity index (χ3v) is 6.10. The predicted molar refractivity (Wildman–Crippen MR) is 102 cm³/mol. The van der Waals surface area contributed by atoms with Crippen LogP contribution in [-0.4, -0.2) is 44.1 Å². The number of aliphatic hydroxyl groups excluding tert-OH is 1. The number of hydrogen-bond donors (Lipinski definition) is 2. The molecule has 1 fully saturated rings. The van der Waals surface area contributed by atoms with Gasteiger partial charge in [0.15, 0.2) is 0 Å². The summed E-state index contributed by atoms with van der Waals surface area (Å²) in [4.78, 5) is 23.2. The summed E-state index contributed by atoms with van der Waals surface area (Å²) in [5, 5.41) is 22.8. The van der Waals surface area contributed by atoms with Crippen LogP contribution in [0.5, 0.6) is 0 Å². The smallest absolute Gasteiger partial charge is 0.257 e. The van der Waals surface area contributed by atoms with E-state index in [1.165, 1.54) is 0 Å². The first-order chi connectivity index (χ1) is 13.5. The third kappa shape index (κ3) is 2.81. The minimum Gasteiger partial charge on any atom is -0.393 e. The number of carbonyl (C=O) groups is 1. The van der Waals surface area contributed by atoms with Crippen LogP contribution in [-0.2, 0) is 19.4 Å². The summed E-state index contributed by atoms with van der Waals surface area (Å²) in [6.45, 7) is 0.460. The number of carbonyl (C=O) groups excluding carboxylic acids is 1.